The highest BCUT2D eigenvalue weighted by atomic mass is 16.1. The van der Waals surface area contributed by atoms with Crippen molar-refractivity contribution in [3.63, 3.8) is 0 Å². The zero-order chi connectivity index (χ0) is 13.4. The molecule has 0 saturated heterocycles. The average Bonchev–Trinajstić information content (AvgIpc) is 2.95. The Morgan fingerprint density at radius 3 is 2.79 bits per heavy atom. The van der Waals surface area contributed by atoms with E-state index >= 15 is 0 Å². The van der Waals surface area contributed by atoms with Crippen molar-refractivity contribution in [3.05, 3.63) is 51.8 Å². The number of benzene rings is 1. The molecular weight excluding hydrogens is 236 g/mol. The Hall–Kier alpha value is -1.90. The summed E-state index contributed by atoms with van der Waals surface area (Å²) in [4.78, 5) is 11.0. The lowest BCUT2D eigenvalue weighted by Gasteiger charge is -2.07. The molecule has 0 fully saturated rings. The van der Waals surface area contributed by atoms with E-state index in [1.807, 2.05) is 18.5 Å². The van der Waals surface area contributed by atoms with Gasteiger partial charge in [0.05, 0.1) is 17.8 Å². The summed E-state index contributed by atoms with van der Waals surface area (Å²) in [6.07, 6.45) is 4.58. The summed E-state index contributed by atoms with van der Waals surface area (Å²) in [6.45, 7) is 4.58. The van der Waals surface area contributed by atoms with Crippen molar-refractivity contribution in [1.29, 1.82) is 0 Å². The quantitative estimate of drug-likeness (QED) is 0.789. The molecule has 0 unspecified atom stereocenters. The first-order valence-corrected chi connectivity index (χ1v) is 6.79. The number of carbonyl (C=O) groups excluding carboxylic acids is 1. The molecule has 0 amide bonds. The number of aromatic nitrogens is 2. The second-order valence-electron chi connectivity index (χ2n) is 5.32. The van der Waals surface area contributed by atoms with E-state index in [9.17, 15) is 4.79 Å². The first kappa shape index (κ1) is 12.2. The Kier molecular flexibility index (Phi) is 2.97. The molecule has 0 aliphatic heterocycles. The van der Waals surface area contributed by atoms with E-state index in [-0.39, 0.29) is 0 Å². The van der Waals surface area contributed by atoms with Gasteiger partial charge in [0.15, 0.2) is 6.29 Å². The SMILES string of the molecule is Cc1nn(Cc2ccc3c(c2)CCC3)c(C)c1C=O. The number of aryl methyl sites for hydroxylation is 3. The van der Waals surface area contributed by atoms with E-state index in [2.05, 4.69) is 23.3 Å². The molecule has 1 aliphatic carbocycles. The van der Waals surface area contributed by atoms with Crippen molar-refractivity contribution >= 4 is 6.29 Å². The monoisotopic (exact) mass is 254 g/mol. The lowest BCUT2D eigenvalue weighted by atomic mass is 10.1. The molecule has 3 nitrogen and oxygen atoms in total. The highest BCUT2D eigenvalue weighted by molar-refractivity contribution is 5.78. The van der Waals surface area contributed by atoms with Gasteiger partial charge in [-0.3, -0.25) is 9.48 Å². The average molecular weight is 254 g/mol. The van der Waals surface area contributed by atoms with Gasteiger partial charge in [-0.1, -0.05) is 18.2 Å². The Labute approximate surface area is 113 Å². The Morgan fingerprint density at radius 1 is 1.26 bits per heavy atom. The molecule has 0 N–H and O–H groups in total. The molecule has 0 bridgehead atoms. The molecule has 1 aromatic heterocycles. The maximum Gasteiger partial charge on any atom is 0.153 e. The first-order valence-electron chi connectivity index (χ1n) is 6.79. The molecule has 1 heterocycles. The van der Waals surface area contributed by atoms with E-state index in [0.29, 0.717) is 0 Å². The summed E-state index contributed by atoms with van der Waals surface area (Å²) >= 11 is 0. The zero-order valence-electron chi connectivity index (χ0n) is 11.4. The van der Waals surface area contributed by atoms with Gasteiger partial charge in [-0.15, -0.1) is 0 Å². The number of nitrogens with zero attached hydrogens (tertiary/aromatic N) is 2. The fraction of sp³-hybridized carbons (Fsp3) is 0.375. The van der Waals surface area contributed by atoms with Gasteiger partial charge in [0, 0.05) is 5.69 Å². The molecule has 1 aromatic carbocycles. The van der Waals surface area contributed by atoms with E-state index in [0.717, 1.165) is 29.8 Å². The molecule has 19 heavy (non-hydrogen) atoms. The lowest BCUT2D eigenvalue weighted by molar-refractivity contribution is 0.112. The number of hydrogen-bond donors (Lipinski definition) is 0. The normalized spacial score (nSPS) is 13.6. The molecule has 3 heteroatoms. The molecule has 0 saturated carbocycles. The first-order chi connectivity index (χ1) is 9.19. The van der Waals surface area contributed by atoms with Crippen LogP contribution in [0.25, 0.3) is 0 Å². The van der Waals surface area contributed by atoms with Gasteiger partial charge < -0.3 is 0 Å². The number of rotatable bonds is 3. The number of hydrogen-bond acceptors (Lipinski definition) is 2. The molecule has 0 spiro atoms. The van der Waals surface area contributed by atoms with Crippen LogP contribution in [0.15, 0.2) is 18.2 Å². The standard InChI is InChI=1S/C16H18N2O/c1-11-16(10-19)12(2)18(17-11)9-13-6-7-14-4-3-5-15(14)8-13/h6-8,10H,3-5,9H2,1-2H3. The van der Waals surface area contributed by atoms with Gasteiger partial charge in [0.25, 0.3) is 0 Å². The summed E-state index contributed by atoms with van der Waals surface area (Å²) in [5.41, 5.74) is 6.73. The topological polar surface area (TPSA) is 34.9 Å². The second kappa shape index (κ2) is 4.65. The zero-order valence-corrected chi connectivity index (χ0v) is 11.4. The van der Waals surface area contributed by atoms with Gasteiger partial charge in [0.2, 0.25) is 0 Å². The van der Waals surface area contributed by atoms with Crippen molar-refractivity contribution < 1.29 is 4.79 Å². The third kappa shape index (κ3) is 2.09. The van der Waals surface area contributed by atoms with Crippen molar-refractivity contribution in [2.75, 3.05) is 0 Å². The van der Waals surface area contributed by atoms with Crippen molar-refractivity contribution in [2.24, 2.45) is 0 Å². The minimum Gasteiger partial charge on any atom is -0.298 e. The molecule has 0 atom stereocenters. The Bertz CT molecular complexity index is 640. The highest BCUT2D eigenvalue weighted by Gasteiger charge is 2.13. The van der Waals surface area contributed by atoms with Gasteiger partial charge in [-0.05, 0) is 49.8 Å². The fourth-order valence-electron chi connectivity index (χ4n) is 2.93. The van der Waals surface area contributed by atoms with E-state index in [1.54, 1.807) is 0 Å². The van der Waals surface area contributed by atoms with Gasteiger partial charge in [-0.25, -0.2) is 0 Å². The second-order valence-corrected chi connectivity index (χ2v) is 5.32. The van der Waals surface area contributed by atoms with Crippen LogP contribution >= 0.6 is 0 Å². The van der Waals surface area contributed by atoms with E-state index in [4.69, 9.17) is 0 Å². The molecule has 2 aromatic rings. The summed E-state index contributed by atoms with van der Waals surface area (Å²) in [5, 5.41) is 4.46. The molecular formula is C16H18N2O. The van der Waals surface area contributed by atoms with Crippen LogP contribution in [0.1, 0.15) is 44.9 Å². The minimum absolute atomic E-state index is 0.723. The van der Waals surface area contributed by atoms with Crippen LogP contribution < -0.4 is 0 Å². The van der Waals surface area contributed by atoms with Crippen LogP contribution in [0.2, 0.25) is 0 Å². The summed E-state index contributed by atoms with van der Waals surface area (Å²) < 4.78 is 1.93. The maximum absolute atomic E-state index is 11.0. The molecule has 1 aliphatic rings. The van der Waals surface area contributed by atoms with Crippen LogP contribution in [-0.2, 0) is 19.4 Å². The summed E-state index contributed by atoms with van der Waals surface area (Å²) in [7, 11) is 0. The van der Waals surface area contributed by atoms with Crippen LogP contribution in [0.4, 0.5) is 0 Å². The van der Waals surface area contributed by atoms with Crippen molar-refractivity contribution in [2.45, 2.75) is 39.7 Å². The Balaban J connectivity index is 1.91. The van der Waals surface area contributed by atoms with Crippen LogP contribution in [0.3, 0.4) is 0 Å². The maximum atomic E-state index is 11.0. The predicted molar refractivity (Wildman–Crippen MR) is 74.7 cm³/mol. The van der Waals surface area contributed by atoms with E-state index in [1.165, 1.54) is 36.0 Å². The van der Waals surface area contributed by atoms with Crippen molar-refractivity contribution in [3.8, 4) is 0 Å². The summed E-state index contributed by atoms with van der Waals surface area (Å²) in [5.74, 6) is 0. The fourth-order valence-corrected chi connectivity index (χ4v) is 2.93. The Morgan fingerprint density at radius 2 is 2.05 bits per heavy atom. The van der Waals surface area contributed by atoms with Crippen LogP contribution in [0.5, 0.6) is 0 Å². The van der Waals surface area contributed by atoms with Crippen LogP contribution in [0, 0.1) is 13.8 Å². The number of aldehydes is 1. The number of carbonyl (C=O) groups is 1. The summed E-state index contributed by atoms with van der Waals surface area (Å²) in [6, 6.07) is 6.71. The third-order valence-corrected chi connectivity index (χ3v) is 4.05. The lowest BCUT2D eigenvalue weighted by Crippen LogP contribution is -2.05. The smallest absolute Gasteiger partial charge is 0.153 e. The van der Waals surface area contributed by atoms with Gasteiger partial charge in [-0.2, -0.15) is 5.10 Å². The highest BCUT2D eigenvalue weighted by Crippen LogP contribution is 2.23. The molecule has 98 valence electrons. The van der Waals surface area contributed by atoms with E-state index < -0.39 is 0 Å². The van der Waals surface area contributed by atoms with Crippen LogP contribution in [-0.4, -0.2) is 16.1 Å². The molecule has 0 radical (unpaired) electrons. The number of fused-ring (bicyclic) bond motifs is 1. The van der Waals surface area contributed by atoms with Crippen molar-refractivity contribution in [1.82, 2.24) is 9.78 Å². The molecule has 3 rings (SSSR count). The minimum atomic E-state index is 0.723. The predicted octanol–water partition coefficient (Wildman–Crippen LogP) is 2.85. The van der Waals surface area contributed by atoms with Gasteiger partial charge in [0.1, 0.15) is 0 Å². The largest absolute Gasteiger partial charge is 0.298 e. The van der Waals surface area contributed by atoms with Gasteiger partial charge >= 0.3 is 0 Å². The third-order valence-electron chi connectivity index (χ3n) is 4.05.